The quantitative estimate of drug-likeness (QED) is 0.311. The zero-order chi connectivity index (χ0) is 21.3. The van der Waals surface area contributed by atoms with Crippen LogP contribution in [-0.4, -0.2) is 108 Å². The average Bonchev–Trinajstić information content (AvgIpc) is 3.27. The standard InChI is InChI=1S/C16H27N5O7S2/c22-15(14-2-1-12-9-20(14)16(23)21(12)28-30(24,25)26)18-27-10-11-7-13(8-17-11)19-3-5-29-6-4-19/h11-14,17H,1-10H2,(H,18,22)(H,24,25,26)/t11-,12?,13+,14?/m0/s1. The van der Waals surface area contributed by atoms with Crippen molar-refractivity contribution in [1.29, 1.82) is 0 Å². The molecule has 30 heavy (non-hydrogen) atoms. The van der Waals surface area contributed by atoms with E-state index in [9.17, 15) is 18.0 Å². The minimum absolute atomic E-state index is 0.145. The molecule has 3 amide bonds. The maximum atomic E-state index is 12.5. The van der Waals surface area contributed by atoms with Crippen LogP contribution >= 0.6 is 11.8 Å². The smallest absolute Gasteiger partial charge is 0.310 e. The first-order chi connectivity index (χ1) is 14.3. The lowest BCUT2D eigenvalue weighted by Gasteiger charge is -2.31. The van der Waals surface area contributed by atoms with Crippen molar-refractivity contribution in [3.8, 4) is 0 Å². The van der Waals surface area contributed by atoms with Crippen molar-refractivity contribution in [2.75, 3.05) is 44.3 Å². The van der Waals surface area contributed by atoms with Crippen molar-refractivity contribution in [3.63, 3.8) is 0 Å². The van der Waals surface area contributed by atoms with Crippen LogP contribution in [0.5, 0.6) is 0 Å². The van der Waals surface area contributed by atoms with Crippen molar-refractivity contribution in [2.24, 2.45) is 0 Å². The molecule has 0 aromatic heterocycles. The van der Waals surface area contributed by atoms with Crippen LogP contribution in [0, 0.1) is 0 Å². The maximum Gasteiger partial charge on any atom is 0.418 e. The molecular weight excluding hydrogens is 438 g/mol. The topological polar surface area (TPSA) is 141 Å². The van der Waals surface area contributed by atoms with Crippen LogP contribution in [-0.2, 0) is 24.3 Å². The molecule has 170 valence electrons. The largest absolute Gasteiger partial charge is 0.418 e. The lowest BCUT2D eigenvalue weighted by Crippen LogP contribution is -2.50. The number of nitrogens with zero attached hydrogens (tertiary/aromatic N) is 3. The van der Waals surface area contributed by atoms with Crippen molar-refractivity contribution in [1.82, 2.24) is 25.7 Å². The van der Waals surface area contributed by atoms with Gasteiger partial charge in [-0.05, 0) is 19.3 Å². The fraction of sp³-hybridized carbons (Fsp3) is 0.875. The van der Waals surface area contributed by atoms with E-state index < -0.39 is 34.4 Å². The summed E-state index contributed by atoms with van der Waals surface area (Å²) in [5.74, 6) is 1.87. The predicted octanol–water partition coefficient (Wildman–Crippen LogP) is -1.18. The lowest BCUT2D eigenvalue weighted by atomic mass is 10.0. The van der Waals surface area contributed by atoms with Gasteiger partial charge >= 0.3 is 16.4 Å². The monoisotopic (exact) mass is 465 g/mol. The van der Waals surface area contributed by atoms with E-state index >= 15 is 0 Å². The fourth-order valence-corrected chi connectivity index (χ4v) is 5.85. The Morgan fingerprint density at radius 1 is 1.27 bits per heavy atom. The summed E-state index contributed by atoms with van der Waals surface area (Å²) in [5, 5.41) is 4.04. The number of urea groups is 1. The normalized spacial score (nSPS) is 32.6. The molecule has 0 spiro atoms. The Hall–Kier alpha value is -1.16. The van der Waals surface area contributed by atoms with E-state index in [2.05, 4.69) is 20.0 Å². The zero-order valence-electron chi connectivity index (χ0n) is 16.4. The summed E-state index contributed by atoms with van der Waals surface area (Å²) in [4.78, 5) is 34.0. The van der Waals surface area contributed by atoms with Crippen LogP contribution in [0.2, 0.25) is 0 Å². The summed E-state index contributed by atoms with van der Waals surface area (Å²) in [6.45, 7) is 3.58. The van der Waals surface area contributed by atoms with E-state index in [1.165, 1.54) is 4.90 Å². The number of hydroxylamine groups is 3. The summed E-state index contributed by atoms with van der Waals surface area (Å²) in [6.07, 6.45) is 1.67. The Morgan fingerprint density at radius 2 is 2.03 bits per heavy atom. The van der Waals surface area contributed by atoms with Crippen LogP contribution in [0.4, 0.5) is 4.79 Å². The van der Waals surface area contributed by atoms with Gasteiger partial charge in [-0.2, -0.15) is 25.2 Å². The first-order valence-electron chi connectivity index (χ1n) is 10.1. The minimum atomic E-state index is -4.81. The maximum absolute atomic E-state index is 12.5. The third-order valence-electron chi connectivity index (χ3n) is 6.02. The van der Waals surface area contributed by atoms with Crippen molar-refractivity contribution >= 4 is 34.1 Å². The van der Waals surface area contributed by atoms with Gasteiger partial charge in [0.1, 0.15) is 6.04 Å². The molecule has 2 unspecified atom stereocenters. The van der Waals surface area contributed by atoms with Gasteiger partial charge < -0.3 is 10.2 Å². The minimum Gasteiger partial charge on any atom is -0.310 e. The third kappa shape index (κ3) is 5.00. The van der Waals surface area contributed by atoms with Gasteiger partial charge in [0.15, 0.2) is 0 Å². The molecule has 2 bridgehead atoms. The molecular formula is C16H27N5O7S2. The summed E-state index contributed by atoms with van der Waals surface area (Å²) < 4.78 is 35.1. The second-order valence-corrected chi connectivity index (χ2v) is 10.2. The van der Waals surface area contributed by atoms with E-state index in [0.29, 0.717) is 30.6 Å². The van der Waals surface area contributed by atoms with Crippen molar-refractivity contribution < 1.29 is 31.7 Å². The highest BCUT2D eigenvalue weighted by atomic mass is 32.3. The number of carbonyl (C=O) groups is 2. The molecule has 4 fully saturated rings. The van der Waals surface area contributed by atoms with Crippen LogP contribution < -0.4 is 10.8 Å². The zero-order valence-corrected chi connectivity index (χ0v) is 18.1. The Balaban J connectivity index is 1.22. The number of nitrogens with one attached hydrogen (secondary N) is 2. The molecule has 4 aliphatic heterocycles. The number of piperidine rings is 1. The number of rotatable bonds is 7. The number of fused-ring (bicyclic) bond motifs is 2. The molecule has 0 saturated carbocycles. The van der Waals surface area contributed by atoms with E-state index in [-0.39, 0.29) is 12.6 Å². The van der Waals surface area contributed by atoms with Gasteiger partial charge in [0.05, 0.1) is 12.6 Å². The molecule has 0 radical (unpaired) electrons. The first kappa shape index (κ1) is 22.0. The molecule has 4 saturated heterocycles. The van der Waals surface area contributed by atoms with Gasteiger partial charge in [-0.3, -0.25) is 19.1 Å². The highest BCUT2D eigenvalue weighted by Crippen LogP contribution is 2.30. The predicted molar refractivity (Wildman–Crippen MR) is 107 cm³/mol. The molecule has 4 heterocycles. The number of amides is 3. The highest BCUT2D eigenvalue weighted by Gasteiger charge is 2.49. The van der Waals surface area contributed by atoms with Gasteiger partial charge in [-0.1, -0.05) is 0 Å². The van der Waals surface area contributed by atoms with Gasteiger partial charge in [0.2, 0.25) is 0 Å². The number of carbonyl (C=O) groups excluding carboxylic acids is 2. The molecule has 3 N–H and O–H groups in total. The molecule has 12 nitrogen and oxygen atoms in total. The van der Waals surface area contributed by atoms with Gasteiger partial charge in [-0.15, -0.1) is 4.28 Å². The summed E-state index contributed by atoms with van der Waals surface area (Å²) in [6, 6.07) is -1.44. The Morgan fingerprint density at radius 3 is 2.77 bits per heavy atom. The van der Waals surface area contributed by atoms with Crippen LogP contribution in [0.25, 0.3) is 0 Å². The second-order valence-electron chi connectivity index (χ2n) is 7.93. The highest BCUT2D eigenvalue weighted by molar-refractivity contribution is 7.99. The summed E-state index contributed by atoms with van der Waals surface area (Å²) >= 11 is 1.98. The molecule has 4 aliphatic rings. The fourth-order valence-electron chi connectivity index (χ4n) is 4.53. The Labute approximate surface area is 179 Å². The Bertz CT molecular complexity index is 763. The number of hydrogen-bond acceptors (Lipinski definition) is 9. The summed E-state index contributed by atoms with van der Waals surface area (Å²) in [7, 11) is -4.81. The van der Waals surface area contributed by atoms with Crippen LogP contribution in [0.3, 0.4) is 0 Å². The lowest BCUT2D eigenvalue weighted by molar-refractivity contribution is -0.139. The van der Waals surface area contributed by atoms with E-state index in [4.69, 9.17) is 9.39 Å². The van der Waals surface area contributed by atoms with Crippen LogP contribution in [0.15, 0.2) is 0 Å². The summed E-state index contributed by atoms with van der Waals surface area (Å²) in [5.41, 5.74) is 2.42. The number of hydrogen-bond donors (Lipinski definition) is 3. The Kier molecular flexibility index (Phi) is 6.72. The molecule has 4 atom stereocenters. The van der Waals surface area contributed by atoms with E-state index in [1.807, 2.05) is 11.8 Å². The molecule has 0 aromatic carbocycles. The van der Waals surface area contributed by atoms with E-state index in [0.717, 1.165) is 37.6 Å². The average molecular weight is 466 g/mol. The van der Waals surface area contributed by atoms with E-state index in [1.54, 1.807) is 0 Å². The molecule has 4 rings (SSSR count). The first-order valence-corrected chi connectivity index (χ1v) is 12.6. The van der Waals surface area contributed by atoms with Crippen molar-refractivity contribution in [2.45, 2.75) is 43.4 Å². The second kappa shape index (κ2) is 9.14. The van der Waals surface area contributed by atoms with Crippen molar-refractivity contribution in [3.05, 3.63) is 0 Å². The molecule has 14 heteroatoms. The third-order valence-corrected chi connectivity index (χ3v) is 7.31. The van der Waals surface area contributed by atoms with Gasteiger partial charge in [0.25, 0.3) is 5.91 Å². The molecule has 0 aliphatic carbocycles. The van der Waals surface area contributed by atoms with Gasteiger partial charge in [0, 0.05) is 49.8 Å². The van der Waals surface area contributed by atoms with Gasteiger partial charge in [-0.25, -0.2) is 10.3 Å². The van der Waals surface area contributed by atoms with Crippen LogP contribution in [0.1, 0.15) is 19.3 Å². The SMILES string of the molecule is O=C(NOC[C@@H]1C[C@@H](N2CCSCC2)CN1)C1CCC2CN1C(=O)N2OS(=O)(=O)O. The number of thioether (sulfide) groups is 1. The molecule has 0 aromatic rings.